The molecular weight excluding hydrogens is 354 g/mol. The summed E-state index contributed by atoms with van der Waals surface area (Å²) in [6.07, 6.45) is 3.08. The van der Waals surface area contributed by atoms with Gasteiger partial charge in [-0.2, -0.15) is 4.98 Å². The van der Waals surface area contributed by atoms with E-state index < -0.39 is 0 Å². The Morgan fingerprint density at radius 3 is 2.95 bits per heavy atom. The highest BCUT2D eigenvalue weighted by atomic mass is 79.9. The zero-order valence-corrected chi connectivity index (χ0v) is 13.7. The van der Waals surface area contributed by atoms with Crippen LogP contribution in [0.4, 0.5) is 0 Å². The minimum atomic E-state index is 0.359. The van der Waals surface area contributed by atoms with Crippen LogP contribution in [0.3, 0.4) is 0 Å². The molecule has 1 aliphatic rings. The van der Waals surface area contributed by atoms with Crippen LogP contribution in [0, 0.1) is 5.92 Å². The van der Waals surface area contributed by atoms with E-state index in [-0.39, 0.29) is 0 Å². The smallest absolute Gasteiger partial charge is 0.233 e. The molecule has 21 heavy (non-hydrogen) atoms. The first-order valence-electron chi connectivity index (χ1n) is 6.76. The number of likely N-dealkylation sites (tertiary alicyclic amines) is 1. The van der Waals surface area contributed by atoms with E-state index in [2.05, 4.69) is 49.0 Å². The van der Waals surface area contributed by atoms with Crippen molar-refractivity contribution in [2.75, 3.05) is 19.7 Å². The van der Waals surface area contributed by atoms with E-state index in [9.17, 15) is 0 Å². The number of halogens is 2. The van der Waals surface area contributed by atoms with Gasteiger partial charge in [0.2, 0.25) is 5.88 Å². The molecule has 0 saturated carbocycles. The van der Waals surface area contributed by atoms with Crippen LogP contribution in [-0.2, 0) is 6.54 Å². The van der Waals surface area contributed by atoms with Gasteiger partial charge < -0.3 is 4.74 Å². The van der Waals surface area contributed by atoms with Gasteiger partial charge in [-0.3, -0.25) is 9.88 Å². The SMILES string of the molecule is Clc1cncc(OCC2CN(Cc3cccc(Br)c3)C2)n1. The van der Waals surface area contributed by atoms with Crippen LogP contribution in [0.25, 0.3) is 0 Å². The summed E-state index contributed by atoms with van der Waals surface area (Å²) in [6.45, 7) is 3.72. The van der Waals surface area contributed by atoms with Crippen molar-refractivity contribution in [3.8, 4) is 5.88 Å². The summed E-state index contributed by atoms with van der Waals surface area (Å²) >= 11 is 9.27. The molecule has 0 aliphatic carbocycles. The van der Waals surface area contributed by atoms with Gasteiger partial charge in [-0.05, 0) is 17.7 Å². The van der Waals surface area contributed by atoms with Gasteiger partial charge in [-0.15, -0.1) is 0 Å². The number of benzene rings is 1. The lowest BCUT2D eigenvalue weighted by Gasteiger charge is -2.38. The van der Waals surface area contributed by atoms with Crippen LogP contribution in [0.15, 0.2) is 41.1 Å². The standard InChI is InChI=1S/C15H15BrClN3O/c16-13-3-1-2-11(4-13)7-20-8-12(9-20)10-21-15-6-18-5-14(17)19-15/h1-6,12H,7-10H2. The number of hydrogen-bond acceptors (Lipinski definition) is 4. The molecule has 0 atom stereocenters. The van der Waals surface area contributed by atoms with Gasteiger partial charge in [0, 0.05) is 30.0 Å². The average Bonchev–Trinajstić information content (AvgIpc) is 2.41. The Bertz CT molecular complexity index is 619. The van der Waals surface area contributed by atoms with Crippen LogP contribution in [0.2, 0.25) is 5.15 Å². The lowest BCUT2D eigenvalue weighted by Crippen LogP contribution is -2.48. The third-order valence-electron chi connectivity index (χ3n) is 3.38. The quantitative estimate of drug-likeness (QED) is 0.811. The lowest BCUT2D eigenvalue weighted by atomic mass is 10.0. The van der Waals surface area contributed by atoms with Gasteiger partial charge in [0.05, 0.1) is 19.0 Å². The molecule has 1 aliphatic heterocycles. The van der Waals surface area contributed by atoms with Gasteiger partial charge in [-0.25, -0.2) is 0 Å². The van der Waals surface area contributed by atoms with E-state index in [1.165, 1.54) is 11.8 Å². The molecule has 0 unspecified atom stereocenters. The first kappa shape index (κ1) is 14.8. The summed E-state index contributed by atoms with van der Waals surface area (Å²) in [6, 6.07) is 8.42. The maximum absolute atomic E-state index is 5.77. The highest BCUT2D eigenvalue weighted by molar-refractivity contribution is 9.10. The molecule has 3 rings (SSSR count). The van der Waals surface area contributed by atoms with E-state index in [0.29, 0.717) is 23.6 Å². The molecule has 0 radical (unpaired) electrons. The molecule has 1 saturated heterocycles. The van der Waals surface area contributed by atoms with E-state index in [1.54, 1.807) is 6.20 Å². The summed E-state index contributed by atoms with van der Waals surface area (Å²) in [5, 5.41) is 0.359. The van der Waals surface area contributed by atoms with Crippen molar-refractivity contribution >= 4 is 27.5 Å². The van der Waals surface area contributed by atoms with Gasteiger partial charge in [0.25, 0.3) is 0 Å². The molecule has 1 fully saturated rings. The molecule has 0 amide bonds. The molecule has 4 nitrogen and oxygen atoms in total. The van der Waals surface area contributed by atoms with Crippen LogP contribution >= 0.6 is 27.5 Å². The molecule has 110 valence electrons. The van der Waals surface area contributed by atoms with E-state index in [4.69, 9.17) is 16.3 Å². The second-order valence-corrected chi connectivity index (χ2v) is 6.48. The predicted molar refractivity (Wildman–Crippen MR) is 85.4 cm³/mol. The number of ether oxygens (including phenoxy) is 1. The highest BCUT2D eigenvalue weighted by Crippen LogP contribution is 2.21. The van der Waals surface area contributed by atoms with Crippen molar-refractivity contribution in [1.82, 2.24) is 14.9 Å². The molecular formula is C15H15BrClN3O. The van der Waals surface area contributed by atoms with Crippen LogP contribution in [0.5, 0.6) is 5.88 Å². The number of rotatable bonds is 5. The molecule has 2 heterocycles. The molecule has 0 bridgehead atoms. The topological polar surface area (TPSA) is 38.2 Å². The first-order chi connectivity index (χ1) is 10.2. The fourth-order valence-electron chi connectivity index (χ4n) is 2.40. The van der Waals surface area contributed by atoms with Crippen molar-refractivity contribution in [1.29, 1.82) is 0 Å². The molecule has 6 heteroatoms. The summed E-state index contributed by atoms with van der Waals surface area (Å²) in [5.41, 5.74) is 1.32. The summed E-state index contributed by atoms with van der Waals surface area (Å²) in [5.74, 6) is 1.03. The normalized spacial score (nSPS) is 15.7. The van der Waals surface area contributed by atoms with Crippen molar-refractivity contribution < 1.29 is 4.74 Å². The maximum atomic E-state index is 5.77. The minimum Gasteiger partial charge on any atom is -0.476 e. The predicted octanol–water partition coefficient (Wildman–Crippen LogP) is 3.40. The van der Waals surface area contributed by atoms with Crippen LogP contribution in [-0.4, -0.2) is 34.6 Å². The molecule has 2 aromatic rings. The number of hydrogen-bond donors (Lipinski definition) is 0. The van der Waals surface area contributed by atoms with E-state index in [0.717, 1.165) is 24.1 Å². The summed E-state index contributed by atoms with van der Waals surface area (Å²) in [7, 11) is 0. The fourth-order valence-corrected chi connectivity index (χ4v) is 2.99. The second kappa shape index (κ2) is 6.73. The number of nitrogens with zero attached hydrogens (tertiary/aromatic N) is 3. The second-order valence-electron chi connectivity index (χ2n) is 5.18. The minimum absolute atomic E-state index is 0.359. The monoisotopic (exact) mass is 367 g/mol. The van der Waals surface area contributed by atoms with Gasteiger partial charge >= 0.3 is 0 Å². The Morgan fingerprint density at radius 1 is 1.33 bits per heavy atom. The average molecular weight is 369 g/mol. The van der Waals surface area contributed by atoms with Crippen molar-refractivity contribution in [2.24, 2.45) is 5.92 Å². The van der Waals surface area contributed by atoms with Gasteiger partial charge in [0.15, 0.2) is 5.15 Å². The van der Waals surface area contributed by atoms with Crippen molar-refractivity contribution in [3.63, 3.8) is 0 Å². The van der Waals surface area contributed by atoms with E-state index >= 15 is 0 Å². The first-order valence-corrected chi connectivity index (χ1v) is 7.93. The molecule has 1 aromatic heterocycles. The Morgan fingerprint density at radius 2 is 2.19 bits per heavy atom. The highest BCUT2D eigenvalue weighted by Gasteiger charge is 2.27. The third-order valence-corrected chi connectivity index (χ3v) is 4.05. The summed E-state index contributed by atoms with van der Waals surface area (Å²) in [4.78, 5) is 10.4. The van der Waals surface area contributed by atoms with Crippen LogP contribution in [0.1, 0.15) is 5.56 Å². The van der Waals surface area contributed by atoms with Crippen LogP contribution < -0.4 is 4.74 Å². The van der Waals surface area contributed by atoms with Crippen molar-refractivity contribution in [2.45, 2.75) is 6.54 Å². The Balaban J connectivity index is 1.42. The third kappa shape index (κ3) is 4.15. The Kier molecular flexibility index (Phi) is 4.73. The summed E-state index contributed by atoms with van der Waals surface area (Å²) < 4.78 is 6.74. The zero-order chi connectivity index (χ0) is 14.7. The van der Waals surface area contributed by atoms with E-state index in [1.807, 2.05) is 6.07 Å². The lowest BCUT2D eigenvalue weighted by molar-refractivity contribution is 0.0543. The van der Waals surface area contributed by atoms with Gasteiger partial charge in [-0.1, -0.05) is 39.7 Å². The molecule has 1 aromatic carbocycles. The van der Waals surface area contributed by atoms with Gasteiger partial charge in [0.1, 0.15) is 0 Å². The maximum Gasteiger partial charge on any atom is 0.233 e. The number of aromatic nitrogens is 2. The Hall–Kier alpha value is -1.17. The molecule has 0 N–H and O–H groups in total. The van der Waals surface area contributed by atoms with Crippen molar-refractivity contribution in [3.05, 3.63) is 51.8 Å². The zero-order valence-electron chi connectivity index (χ0n) is 11.4. The fraction of sp³-hybridized carbons (Fsp3) is 0.333. The molecule has 0 spiro atoms. The largest absolute Gasteiger partial charge is 0.476 e. The Labute approximate surface area is 137 Å².